The van der Waals surface area contributed by atoms with Crippen LogP contribution in [0.1, 0.15) is 24.6 Å². The van der Waals surface area contributed by atoms with Crippen LogP contribution in [0.15, 0.2) is 18.6 Å². The van der Waals surface area contributed by atoms with E-state index in [9.17, 15) is 10.2 Å². The summed E-state index contributed by atoms with van der Waals surface area (Å²) in [7, 11) is 0. The molecule has 0 saturated heterocycles. The molecule has 1 aliphatic carbocycles. The molecule has 3 rings (SSSR count). The molecule has 1 saturated carbocycles. The van der Waals surface area contributed by atoms with E-state index < -0.39 is 12.2 Å². The molecular weight excluding hydrogens is 218 g/mol. The molecule has 0 amide bonds. The van der Waals surface area contributed by atoms with Crippen molar-refractivity contribution in [1.29, 1.82) is 0 Å². The molecule has 3 unspecified atom stereocenters. The zero-order valence-electron chi connectivity index (χ0n) is 9.61. The van der Waals surface area contributed by atoms with Crippen LogP contribution in [0.4, 0.5) is 0 Å². The lowest BCUT2D eigenvalue weighted by molar-refractivity contribution is 0.0242. The van der Waals surface area contributed by atoms with Crippen molar-refractivity contribution >= 4 is 11.0 Å². The molecule has 2 aromatic heterocycles. The second-order valence-electron chi connectivity index (χ2n) is 4.62. The lowest BCUT2D eigenvalue weighted by atomic mass is 10.2. The van der Waals surface area contributed by atoms with Crippen LogP contribution in [0.2, 0.25) is 0 Å². The van der Waals surface area contributed by atoms with Gasteiger partial charge in [0, 0.05) is 11.6 Å². The van der Waals surface area contributed by atoms with Crippen molar-refractivity contribution < 1.29 is 10.2 Å². The van der Waals surface area contributed by atoms with Gasteiger partial charge in [0.2, 0.25) is 0 Å². The predicted octanol–water partition coefficient (Wildman–Crippen LogP) is 0.796. The van der Waals surface area contributed by atoms with Crippen LogP contribution in [-0.2, 0) is 0 Å². The minimum absolute atomic E-state index is 0.0863. The van der Waals surface area contributed by atoms with Crippen molar-refractivity contribution in [2.45, 2.75) is 38.0 Å². The molecule has 0 radical (unpaired) electrons. The maximum Gasteiger partial charge on any atom is 0.143 e. The zero-order chi connectivity index (χ0) is 12.0. The van der Waals surface area contributed by atoms with Crippen LogP contribution in [0, 0.1) is 6.92 Å². The molecule has 1 aliphatic rings. The normalized spacial score (nSPS) is 29.0. The van der Waals surface area contributed by atoms with E-state index in [1.54, 1.807) is 0 Å². The number of hydrogen-bond donors (Lipinski definition) is 2. The highest BCUT2D eigenvalue weighted by molar-refractivity contribution is 5.78. The van der Waals surface area contributed by atoms with Crippen molar-refractivity contribution in [3.8, 4) is 0 Å². The second-order valence-corrected chi connectivity index (χ2v) is 4.62. The van der Waals surface area contributed by atoms with Crippen LogP contribution in [-0.4, -0.2) is 37.0 Å². The van der Waals surface area contributed by atoms with E-state index in [1.807, 2.05) is 23.8 Å². The number of nitrogens with zero attached hydrogens (tertiary/aromatic N) is 3. The summed E-state index contributed by atoms with van der Waals surface area (Å²) < 4.78 is 1.95. The van der Waals surface area contributed by atoms with Crippen LogP contribution in [0.3, 0.4) is 0 Å². The Morgan fingerprint density at radius 3 is 2.82 bits per heavy atom. The van der Waals surface area contributed by atoms with E-state index in [2.05, 4.69) is 9.97 Å². The fourth-order valence-corrected chi connectivity index (χ4v) is 2.61. The van der Waals surface area contributed by atoms with Gasteiger partial charge >= 0.3 is 0 Å². The number of hydrogen-bond acceptors (Lipinski definition) is 4. The van der Waals surface area contributed by atoms with Crippen molar-refractivity contribution in [2.24, 2.45) is 0 Å². The fourth-order valence-electron chi connectivity index (χ4n) is 2.61. The molecule has 0 aliphatic heterocycles. The second kappa shape index (κ2) is 3.78. The number of fused-ring (bicyclic) bond motifs is 1. The maximum atomic E-state index is 9.94. The van der Waals surface area contributed by atoms with Crippen LogP contribution < -0.4 is 0 Å². The first kappa shape index (κ1) is 10.7. The summed E-state index contributed by atoms with van der Waals surface area (Å²) >= 11 is 0. The molecule has 2 aromatic rings. The van der Waals surface area contributed by atoms with Crippen molar-refractivity contribution in [3.63, 3.8) is 0 Å². The molecule has 5 nitrogen and oxygen atoms in total. The van der Waals surface area contributed by atoms with Gasteiger partial charge in [-0.1, -0.05) is 0 Å². The third-order valence-electron chi connectivity index (χ3n) is 3.61. The summed E-state index contributed by atoms with van der Waals surface area (Å²) in [6.45, 7) is 1.94. The molecule has 0 bridgehead atoms. The summed E-state index contributed by atoms with van der Waals surface area (Å²) in [5.74, 6) is 0. The summed E-state index contributed by atoms with van der Waals surface area (Å²) in [5.41, 5.74) is 1.76. The zero-order valence-corrected chi connectivity index (χ0v) is 9.61. The lowest BCUT2D eigenvalue weighted by Gasteiger charge is -2.18. The summed E-state index contributed by atoms with van der Waals surface area (Å²) in [5, 5.41) is 20.5. The van der Waals surface area contributed by atoms with Gasteiger partial charge in [-0.2, -0.15) is 0 Å². The maximum absolute atomic E-state index is 9.94. The Morgan fingerprint density at radius 1 is 1.29 bits per heavy atom. The Morgan fingerprint density at radius 2 is 2.12 bits per heavy atom. The molecule has 1 fully saturated rings. The van der Waals surface area contributed by atoms with Crippen molar-refractivity contribution in [2.75, 3.05) is 0 Å². The first-order valence-electron chi connectivity index (χ1n) is 5.83. The molecular formula is C12H15N3O2. The Hall–Kier alpha value is -1.46. The van der Waals surface area contributed by atoms with Crippen LogP contribution >= 0.6 is 0 Å². The van der Waals surface area contributed by atoms with Gasteiger partial charge < -0.3 is 14.8 Å². The number of rotatable bonds is 1. The average molecular weight is 233 g/mol. The fraction of sp³-hybridized carbons (Fsp3) is 0.500. The van der Waals surface area contributed by atoms with Gasteiger partial charge in [0.05, 0.1) is 17.8 Å². The van der Waals surface area contributed by atoms with Gasteiger partial charge in [-0.25, -0.2) is 9.97 Å². The van der Waals surface area contributed by atoms with Crippen LogP contribution in [0.25, 0.3) is 11.0 Å². The molecule has 3 atom stereocenters. The molecule has 0 spiro atoms. The van der Waals surface area contributed by atoms with E-state index in [0.717, 1.165) is 23.1 Å². The Kier molecular flexibility index (Phi) is 2.38. The summed E-state index contributed by atoms with van der Waals surface area (Å²) in [6.07, 6.45) is 3.52. The molecule has 0 aromatic carbocycles. The topological polar surface area (TPSA) is 71.2 Å². The van der Waals surface area contributed by atoms with E-state index in [1.165, 1.54) is 6.33 Å². The van der Waals surface area contributed by atoms with E-state index in [-0.39, 0.29) is 6.04 Å². The first-order chi connectivity index (χ1) is 8.18. The summed E-state index contributed by atoms with van der Waals surface area (Å²) in [6, 6.07) is 1.87. The monoisotopic (exact) mass is 233 g/mol. The highest BCUT2D eigenvalue weighted by Gasteiger charge is 2.35. The number of aryl methyl sites for hydroxylation is 1. The van der Waals surface area contributed by atoms with E-state index in [4.69, 9.17) is 0 Å². The first-order valence-corrected chi connectivity index (χ1v) is 5.83. The van der Waals surface area contributed by atoms with E-state index >= 15 is 0 Å². The summed E-state index contributed by atoms with van der Waals surface area (Å²) in [4.78, 5) is 8.41. The smallest absolute Gasteiger partial charge is 0.143 e. The van der Waals surface area contributed by atoms with Gasteiger partial charge in [-0.15, -0.1) is 0 Å². The molecule has 2 N–H and O–H groups in total. The SMILES string of the molecule is Cc1ncnc2c1ccn2C1CCC(O)C1O. The average Bonchev–Trinajstić information content (AvgIpc) is 2.86. The van der Waals surface area contributed by atoms with Gasteiger partial charge in [0.25, 0.3) is 0 Å². The van der Waals surface area contributed by atoms with Crippen molar-refractivity contribution in [3.05, 3.63) is 24.3 Å². The standard InChI is InChI=1S/C12H15N3O2/c1-7-8-4-5-15(12(8)14-6-13-7)9-2-3-10(16)11(9)17/h4-6,9-11,16-17H,2-3H2,1H3. The lowest BCUT2D eigenvalue weighted by Crippen LogP contribution is -2.26. The highest BCUT2D eigenvalue weighted by atomic mass is 16.3. The van der Waals surface area contributed by atoms with Gasteiger partial charge in [0.15, 0.2) is 0 Å². The van der Waals surface area contributed by atoms with Crippen molar-refractivity contribution in [1.82, 2.24) is 14.5 Å². The predicted molar refractivity (Wildman–Crippen MR) is 62.5 cm³/mol. The van der Waals surface area contributed by atoms with Crippen LogP contribution in [0.5, 0.6) is 0 Å². The number of aliphatic hydroxyl groups is 2. The molecule has 5 heteroatoms. The Labute approximate surface area is 98.7 Å². The minimum atomic E-state index is -0.708. The third kappa shape index (κ3) is 1.54. The third-order valence-corrected chi connectivity index (χ3v) is 3.61. The number of aliphatic hydroxyl groups excluding tert-OH is 2. The quantitative estimate of drug-likeness (QED) is 0.764. The van der Waals surface area contributed by atoms with Gasteiger partial charge in [0.1, 0.15) is 18.1 Å². The van der Waals surface area contributed by atoms with E-state index in [0.29, 0.717) is 6.42 Å². The highest BCUT2D eigenvalue weighted by Crippen LogP contribution is 2.33. The molecule has 2 heterocycles. The molecule has 90 valence electrons. The molecule has 17 heavy (non-hydrogen) atoms. The van der Waals surface area contributed by atoms with Gasteiger partial charge in [-0.3, -0.25) is 0 Å². The minimum Gasteiger partial charge on any atom is -0.390 e. The van der Waals surface area contributed by atoms with Gasteiger partial charge in [-0.05, 0) is 25.8 Å². The Balaban J connectivity index is 2.10. The number of aromatic nitrogens is 3. The largest absolute Gasteiger partial charge is 0.390 e. The Bertz CT molecular complexity index is 552.